The Morgan fingerprint density at radius 3 is 2.39 bits per heavy atom. The predicted molar refractivity (Wildman–Crippen MR) is 125 cm³/mol. The molecule has 3 aromatic rings. The molecule has 4 rings (SSSR count). The van der Waals surface area contributed by atoms with Crippen molar-refractivity contribution in [2.24, 2.45) is 0 Å². The molecular weight excluding hydrogens is 420 g/mol. The van der Waals surface area contributed by atoms with E-state index in [4.69, 9.17) is 13.9 Å². The van der Waals surface area contributed by atoms with Crippen LogP contribution < -0.4 is 19.7 Å². The minimum absolute atomic E-state index is 0.0991. The molecule has 0 aliphatic heterocycles. The highest BCUT2D eigenvalue weighted by molar-refractivity contribution is 6.09. The Morgan fingerprint density at radius 1 is 1.00 bits per heavy atom. The molecule has 1 atom stereocenters. The molecular formula is C26H28N2O5. The van der Waals surface area contributed by atoms with E-state index in [0.29, 0.717) is 22.7 Å². The van der Waals surface area contributed by atoms with Gasteiger partial charge in [-0.2, -0.15) is 0 Å². The predicted octanol–water partition coefficient (Wildman–Crippen LogP) is 4.74. The topological polar surface area (TPSA) is 81.0 Å². The van der Waals surface area contributed by atoms with Crippen molar-refractivity contribution in [2.45, 2.75) is 37.8 Å². The Balaban J connectivity index is 1.84. The third-order valence-corrected chi connectivity index (χ3v) is 5.92. The van der Waals surface area contributed by atoms with Gasteiger partial charge in [0, 0.05) is 12.1 Å². The summed E-state index contributed by atoms with van der Waals surface area (Å²) < 4.78 is 16.4. The quantitative estimate of drug-likeness (QED) is 0.538. The molecule has 1 aliphatic rings. The first-order valence-corrected chi connectivity index (χ1v) is 11.1. The van der Waals surface area contributed by atoms with Crippen LogP contribution in [-0.4, -0.2) is 32.1 Å². The molecule has 1 heterocycles. The fraction of sp³-hybridized carbons (Fsp3) is 0.308. The number of methoxy groups -OCH3 is 2. The molecule has 1 N–H and O–H groups in total. The first-order chi connectivity index (χ1) is 16.1. The van der Waals surface area contributed by atoms with Crippen LogP contribution >= 0.6 is 0 Å². The second kappa shape index (κ2) is 10.3. The largest absolute Gasteiger partial charge is 0.497 e. The Bertz CT molecular complexity index is 1080. The van der Waals surface area contributed by atoms with Crippen LogP contribution in [0.5, 0.6) is 11.5 Å². The number of ether oxygens (including phenoxy) is 2. The molecule has 0 spiro atoms. The van der Waals surface area contributed by atoms with Crippen LogP contribution in [0.15, 0.2) is 71.3 Å². The summed E-state index contributed by atoms with van der Waals surface area (Å²) in [6, 6.07) is 16.8. The monoisotopic (exact) mass is 448 g/mol. The molecule has 0 radical (unpaired) electrons. The van der Waals surface area contributed by atoms with Crippen LogP contribution in [0, 0.1) is 0 Å². The van der Waals surface area contributed by atoms with E-state index in [-0.39, 0.29) is 17.7 Å². The van der Waals surface area contributed by atoms with Gasteiger partial charge in [0.15, 0.2) is 5.76 Å². The summed E-state index contributed by atoms with van der Waals surface area (Å²) >= 11 is 0. The van der Waals surface area contributed by atoms with Crippen molar-refractivity contribution in [1.29, 1.82) is 0 Å². The number of benzene rings is 2. The van der Waals surface area contributed by atoms with E-state index in [0.717, 1.165) is 25.7 Å². The SMILES string of the molecule is COc1ccc(N(C(=O)c2ccco2)C(C(=O)NC2CCCC2)c2ccccc2)c(OC)c1. The van der Waals surface area contributed by atoms with Gasteiger partial charge in [-0.15, -0.1) is 0 Å². The molecule has 1 saturated carbocycles. The van der Waals surface area contributed by atoms with Gasteiger partial charge < -0.3 is 19.2 Å². The van der Waals surface area contributed by atoms with Crippen LogP contribution in [0.3, 0.4) is 0 Å². The van der Waals surface area contributed by atoms with Gasteiger partial charge in [-0.05, 0) is 42.7 Å². The Hall–Kier alpha value is -3.74. The molecule has 1 fully saturated rings. The lowest BCUT2D eigenvalue weighted by atomic mass is 10.0. The molecule has 172 valence electrons. The van der Waals surface area contributed by atoms with Crippen LogP contribution in [0.2, 0.25) is 0 Å². The summed E-state index contributed by atoms with van der Waals surface area (Å²) in [7, 11) is 3.08. The van der Waals surface area contributed by atoms with Crippen molar-refractivity contribution < 1.29 is 23.5 Å². The molecule has 7 heteroatoms. The molecule has 0 saturated heterocycles. The number of furan rings is 1. The number of nitrogens with zero attached hydrogens (tertiary/aromatic N) is 1. The fourth-order valence-electron chi connectivity index (χ4n) is 4.27. The highest BCUT2D eigenvalue weighted by Crippen LogP contribution is 2.38. The standard InChI is InChI=1S/C26H28N2O5/c1-31-20-14-15-21(23(17-20)32-2)28(26(30)22-13-8-16-33-22)24(18-9-4-3-5-10-18)25(29)27-19-11-6-7-12-19/h3-5,8-10,13-17,19,24H,6-7,11-12H2,1-2H3,(H,27,29). The summed E-state index contributed by atoms with van der Waals surface area (Å²) in [5, 5.41) is 3.16. The number of hydrogen-bond acceptors (Lipinski definition) is 5. The molecule has 2 aromatic carbocycles. The fourth-order valence-corrected chi connectivity index (χ4v) is 4.27. The number of carbonyl (C=O) groups excluding carboxylic acids is 2. The third-order valence-electron chi connectivity index (χ3n) is 5.92. The smallest absolute Gasteiger partial charge is 0.295 e. The summed E-state index contributed by atoms with van der Waals surface area (Å²) in [6.45, 7) is 0. The molecule has 33 heavy (non-hydrogen) atoms. The summed E-state index contributed by atoms with van der Waals surface area (Å²) in [5.41, 5.74) is 1.13. The van der Waals surface area contributed by atoms with Crippen LogP contribution in [0.1, 0.15) is 47.8 Å². The first-order valence-electron chi connectivity index (χ1n) is 11.1. The van der Waals surface area contributed by atoms with Crippen molar-refractivity contribution in [3.05, 3.63) is 78.3 Å². The molecule has 0 bridgehead atoms. The van der Waals surface area contributed by atoms with Gasteiger partial charge in [-0.25, -0.2) is 0 Å². The second-order valence-electron chi connectivity index (χ2n) is 7.99. The van der Waals surface area contributed by atoms with E-state index in [2.05, 4.69) is 5.32 Å². The van der Waals surface area contributed by atoms with Crippen molar-refractivity contribution in [1.82, 2.24) is 5.32 Å². The Labute approximate surface area is 193 Å². The zero-order valence-corrected chi connectivity index (χ0v) is 18.8. The molecule has 1 unspecified atom stereocenters. The van der Waals surface area contributed by atoms with Crippen molar-refractivity contribution in [3.8, 4) is 11.5 Å². The summed E-state index contributed by atoms with van der Waals surface area (Å²) in [4.78, 5) is 28.9. The Morgan fingerprint density at radius 2 is 1.76 bits per heavy atom. The van der Waals surface area contributed by atoms with Crippen LogP contribution in [0.4, 0.5) is 5.69 Å². The van der Waals surface area contributed by atoms with E-state index < -0.39 is 11.9 Å². The molecule has 7 nitrogen and oxygen atoms in total. The zero-order chi connectivity index (χ0) is 23.2. The van der Waals surface area contributed by atoms with Gasteiger partial charge in [0.2, 0.25) is 5.91 Å². The highest BCUT2D eigenvalue weighted by atomic mass is 16.5. The summed E-state index contributed by atoms with van der Waals surface area (Å²) in [5.74, 6) is 0.420. The van der Waals surface area contributed by atoms with E-state index in [1.54, 1.807) is 37.4 Å². The van der Waals surface area contributed by atoms with Gasteiger partial charge in [-0.1, -0.05) is 43.2 Å². The van der Waals surface area contributed by atoms with Crippen molar-refractivity contribution in [2.75, 3.05) is 19.1 Å². The molecule has 2 amide bonds. The summed E-state index contributed by atoms with van der Waals surface area (Å²) in [6.07, 6.45) is 5.48. The lowest BCUT2D eigenvalue weighted by Crippen LogP contribution is -2.46. The highest BCUT2D eigenvalue weighted by Gasteiger charge is 2.37. The molecule has 1 aliphatic carbocycles. The van der Waals surface area contributed by atoms with E-state index >= 15 is 0 Å². The maximum atomic E-state index is 13.8. The zero-order valence-electron chi connectivity index (χ0n) is 18.8. The number of rotatable bonds is 8. The maximum Gasteiger partial charge on any atom is 0.295 e. The van der Waals surface area contributed by atoms with E-state index in [1.165, 1.54) is 18.3 Å². The van der Waals surface area contributed by atoms with Gasteiger partial charge in [0.25, 0.3) is 5.91 Å². The number of hydrogen-bond donors (Lipinski definition) is 1. The van der Waals surface area contributed by atoms with Gasteiger partial charge >= 0.3 is 0 Å². The Kier molecular flexibility index (Phi) is 6.98. The normalized spacial score (nSPS) is 14.5. The number of carbonyl (C=O) groups is 2. The van der Waals surface area contributed by atoms with Crippen molar-refractivity contribution in [3.63, 3.8) is 0 Å². The van der Waals surface area contributed by atoms with Crippen LogP contribution in [0.25, 0.3) is 0 Å². The first kappa shape index (κ1) is 22.5. The van der Waals surface area contributed by atoms with Gasteiger partial charge in [0.05, 0.1) is 26.2 Å². The molecule has 1 aromatic heterocycles. The van der Waals surface area contributed by atoms with Crippen molar-refractivity contribution >= 4 is 17.5 Å². The second-order valence-corrected chi connectivity index (χ2v) is 7.99. The third kappa shape index (κ3) is 4.87. The van der Waals surface area contributed by atoms with E-state index in [9.17, 15) is 9.59 Å². The van der Waals surface area contributed by atoms with E-state index in [1.807, 2.05) is 30.3 Å². The number of nitrogens with one attached hydrogen (secondary N) is 1. The number of anilines is 1. The van der Waals surface area contributed by atoms with Crippen LogP contribution in [-0.2, 0) is 4.79 Å². The average molecular weight is 449 g/mol. The maximum absolute atomic E-state index is 13.8. The number of amides is 2. The van der Waals surface area contributed by atoms with Gasteiger partial charge in [0.1, 0.15) is 17.5 Å². The lowest BCUT2D eigenvalue weighted by molar-refractivity contribution is -0.123. The minimum Gasteiger partial charge on any atom is -0.497 e. The average Bonchev–Trinajstić information content (AvgIpc) is 3.57. The minimum atomic E-state index is -0.924. The lowest BCUT2D eigenvalue weighted by Gasteiger charge is -2.32. The van der Waals surface area contributed by atoms with Gasteiger partial charge in [-0.3, -0.25) is 14.5 Å².